The maximum atomic E-state index is 12.4. The van der Waals surface area contributed by atoms with Crippen LogP contribution in [0.3, 0.4) is 0 Å². The third-order valence-electron chi connectivity index (χ3n) is 4.47. The standard InChI is InChI=1S/C13H22N2O2.ClH/c16-12(11-1-2-11)15-8-7-14-6-3-13(15)4-9-17-10-5-13;/h11,14H,1-10H2;1H. The van der Waals surface area contributed by atoms with Crippen molar-refractivity contribution in [3.8, 4) is 0 Å². The van der Waals surface area contributed by atoms with Crippen molar-refractivity contribution < 1.29 is 9.53 Å². The Bertz CT molecular complexity index is 301. The molecule has 0 aromatic heterocycles. The summed E-state index contributed by atoms with van der Waals surface area (Å²) in [6, 6.07) is 0. The number of nitrogens with zero attached hydrogens (tertiary/aromatic N) is 1. The molecule has 1 saturated carbocycles. The van der Waals surface area contributed by atoms with E-state index < -0.39 is 0 Å². The van der Waals surface area contributed by atoms with Crippen molar-refractivity contribution in [2.45, 2.75) is 37.6 Å². The Labute approximate surface area is 115 Å². The molecule has 0 aromatic rings. The van der Waals surface area contributed by atoms with E-state index >= 15 is 0 Å². The van der Waals surface area contributed by atoms with Gasteiger partial charge in [0, 0.05) is 37.8 Å². The number of amides is 1. The molecule has 2 aliphatic heterocycles. The molecule has 3 aliphatic rings. The van der Waals surface area contributed by atoms with Crippen LogP contribution < -0.4 is 5.32 Å². The number of hydrogen-bond donors (Lipinski definition) is 1. The van der Waals surface area contributed by atoms with Crippen LogP contribution in [0, 0.1) is 5.92 Å². The van der Waals surface area contributed by atoms with Gasteiger partial charge in [-0.05, 0) is 38.6 Å². The van der Waals surface area contributed by atoms with Gasteiger partial charge in [0.25, 0.3) is 0 Å². The highest BCUT2D eigenvalue weighted by molar-refractivity contribution is 5.85. The van der Waals surface area contributed by atoms with E-state index in [0.717, 1.165) is 65.0 Å². The van der Waals surface area contributed by atoms with Crippen LogP contribution in [0.15, 0.2) is 0 Å². The lowest BCUT2D eigenvalue weighted by Gasteiger charge is -2.45. The minimum atomic E-state index is 0. The molecule has 1 N–H and O–H groups in total. The summed E-state index contributed by atoms with van der Waals surface area (Å²) in [5, 5.41) is 3.43. The molecule has 18 heavy (non-hydrogen) atoms. The van der Waals surface area contributed by atoms with E-state index in [2.05, 4.69) is 10.2 Å². The second kappa shape index (κ2) is 5.76. The first-order valence-corrected chi connectivity index (χ1v) is 6.92. The van der Waals surface area contributed by atoms with Crippen molar-refractivity contribution in [1.82, 2.24) is 10.2 Å². The normalized spacial score (nSPS) is 27.4. The van der Waals surface area contributed by atoms with Crippen molar-refractivity contribution in [3.05, 3.63) is 0 Å². The quantitative estimate of drug-likeness (QED) is 0.781. The third-order valence-corrected chi connectivity index (χ3v) is 4.47. The average Bonchev–Trinajstić information content (AvgIpc) is 3.17. The zero-order valence-electron chi connectivity index (χ0n) is 10.8. The maximum absolute atomic E-state index is 12.4. The molecular weight excluding hydrogens is 252 g/mol. The minimum absolute atomic E-state index is 0. The summed E-state index contributed by atoms with van der Waals surface area (Å²) in [4.78, 5) is 14.6. The molecule has 4 nitrogen and oxygen atoms in total. The fourth-order valence-corrected chi connectivity index (χ4v) is 3.17. The van der Waals surface area contributed by atoms with Gasteiger partial charge in [-0.1, -0.05) is 0 Å². The van der Waals surface area contributed by atoms with Crippen molar-refractivity contribution >= 4 is 18.3 Å². The van der Waals surface area contributed by atoms with E-state index in [1.807, 2.05) is 0 Å². The third kappa shape index (κ3) is 2.65. The van der Waals surface area contributed by atoms with E-state index in [0.29, 0.717) is 11.8 Å². The van der Waals surface area contributed by atoms with Crippen LogP contribution in [-0.2, 0) is 9.53 Å². The number of rotatable bonds is 1. The van der Waals surface area contributed by atoms with Gasteiger partial charge in [-0.15, -0.1) is 12.4 Å². The lowest BCUT2D eigenvalue weighted by Crippen LogP contribution is -2.55. The summed E-state index contributed by atoms with van der Waals surface area (Å²) < 4.78 is 5.48. The van der Waals surface area contributed by atoms with Crippen LogP contribution >= 0.6 is 12.4 Å². The molecule has 5 heteroatoms. The molecule has 1 amide bonds. The Hall–Kier alpha value is -0.320. The summed E-state index contributed by atoms with van der Waals surface area (Å²) in [5.74, 6) is 0.753. The molecule has 0 aromatic carbocycles. The van der Waals surface area contributed by atoms with Gasteiger partial charge in [0.1, 0.15) is 0 Å². The summed E-state index contributed by atoms with van der Waals surface area (Å²) >= 11 is 0. The topological polar surface area (TPSA) is 41.6 Å². The molecule has 2 saturated heterocycles. The van der Waals surface area contributed by atoms with E-state index in [-0.39, 0.29) is 17.9 Å². The fourth-order valence-electron chi connectivity index (χ4n) is 3.17. The van der Waals surface area contributed by atoms with Crippen molar-refractivity contribution in [1.29, 1.82) is 0 Å². The predicted molar refractivity (Wildman–Crippen MR) is 72.0 cm³/mol. The molecular formula is C13H23ClN2O2. The second-order valence-electron chi connectivity index (χ2n) is 5.60. The molecule has 2 heterocycles. The van der Waals surface area contributed by atoms with Gasteiger partial charge in [0.05, 0.1) is 0 Å². The summed E-state index contributed by atoms with van der Waals surface area (Å²) in [6.45, 7) is 4.49. The van der Waals surface area contributed by atoms with Crippen LogP contribution in [0.25, 0.3) is 0 Å². The predicted octanol–water partition coefficient (Wildman–Crippen LogP) is 1.19. The fraction of sp³-hybridized carbons (Fsp3) is 0.923. The first-order chi connectivity index (χ1) is 8.32. The van der Waals surface area contributed by atoms with E-state index in [9.17, 15) is 4.79 Å². The van der Waals surface area contributed by atoms with Crippen molar-refractivity contribution in [3.63, 3.8) is 0 Å². The largest absolute Gasteiger partial charge is 0.381 e. The van der Waals surface area contributed by atoms with Gasteiger partial charge in [0.2, 0.25) is 5.91 Å². The second-order valence-corrected chi connectivity index (χ2v) is 5.60. The average molecular weight is 275 g/mol. The van der Waals surface area contributed by atoms with Crippen LogP contribution in [-0.4, -0.2) is 49.2 Å². The Balaban J connectivity index is 0.00000120. The van der Waals surface area contributed by atoms with Gasteiger partial charge in [-0.3, -0.25) is 4.79 Å². The monoisotopic (exact) mass is 274 g/mol. The van der Waals surface area contributed by atoms with E-state index in [4.69, 9.17) is 4.74 Å². The zero-order valence-corrected chi connectivity index (χ0v) is 11.6. The van der Waals surface area contributed by atoms with Gasteiger partial charge in [0.15, 0.2) is 0 Å². The van der Waals surface area contributed by atoms with E-state index in [1.54, 1.807) is 0 Å². The zero-order chi connectivity index (χ0) is 11.7. The molecule has 1 aliphatic carbocycles. The van der Waals surface area contributed by atoms with Crippen molar-refractivity contribution in [2.24, 2.45) is 5.92 Å². The number of nitrogens with one attached hydrogen (secondary N) is 1. The minimum Gasteiger partial charge on any atom is -0.381 e. The highest BCUT2D eigenvalue weighted by atomic mass is 35.5. The highest BCUT2D eigenvalue weighted by Gasteiger charge is 2.45. The molecule has 0 bridgehead atoms. The molecule has 3 fully saturated rings. The first kappa shape index (κ1) is 14.1. The van der Waals surface area contributed by atoms with Crippen LogP contribution in [0.2, 0.25) is 0 Å². The Morgan fingerprint density at radius 2 is 1.89 bits per heavy atom. The Morgan fingerprint density at radius 1 is 1.17 bits per heavy atom. The summed E-state index contributed by atoms with van der Waals surface area (Å²) in [5.41, 5.74) is 0.0986. The van der Waals surface area contributed by atoms with Gasteiger partial charge < -0.3 is 15.0 Å². The number of carbonyl (C=O) groups excluding carboxylic acids is 1. The number of carbonyl (C=O) groups is 1. The van der Waals surface area contributed by atoms with Crippen molar-refractivity contribution in [2.75, 3.05) is 32.8 Å². The SMILES string of the molecule is Cl.O=C(C1CC1)N1CCNCCC12CCOCC2. The number of halogens is 1. The lowest BCUT2D eigenvalue weighted by molar-refractivity contribution is -0.143. The molecule has 0 atom stereocenters. The van der Waals surface area contributed by atoms with Gasteiger partial charge in [-0.25, -0.2) is 0 Å². The first-order valence-electron chi connectivity index (χ1n) is 6.92. The van der Waals surface area contributed by atoms with Crippen LogP contribution in [0.4, 0.5) is 0 Å². The van der Waals surface area contributed by atoms with Gasteiger partial charge in [-0.2, -0.15) is 0 Å². The smallest absolute Gasteiger partial charge is 0.226 e. The Kier molecular flexibility index (Phi) is 4.51. The van der Waals surface area contributed by atoms with E-state index in [1.165, 1.54) is 0 Å². The maximum Gasteiger partial charge on any atom is 0.226 e. The number of ether oxygens (including phenoxy) is 1. The molecule has 3 rings (SSSR count). The van der Waals surface area contributed by atoms with Gasteiger partial charge >= 0.3 is 0 Å². The lowest BCUT2D eigenvalue weighted by atomic mass is 9.84. The molecule has 0 radical (unpaired) electrons. The Morgan fingerprint density at radius 3 is 2.56 bits per heavy atom. The van der Waals surface area contributed by atoms with Crippen LogP contribution in [0.5, 0.6) is 0 Å². The highest BCUT2D eigenvalue weighted by Crippen LogP contribution is 2.38. The molecule has 1 spiro atoms. The number of hydrogen-bond acceptors (Lipinski definition) is 3. The summed E-state index contributed by atoms with van der Waals surface area (Å²) in [7, 11) is 0. The molecule has 104 valence electrons. The van der Waals surface area contributed by atoms with Crippen LogP contribution in [0.1, 0.15) is 32.1 Å². The summed E-state index contributed by atoms with van der Waals surface area (Å²) in [6.07, 6.45) is 5.35. The molecule has 0 unspecified atom stereocenters.